The van der Waals surface area contributed by atoms with Gasteiger partial charge in [-0.3, -0.25) is 9.59 Å². The van der Waals surface area contributed by atoms with Crippen LogP contribution in [-0.2, 0) is 0 Å². The van der Waals surface area contributed by atoms with Crippen LogP contribution in [0.15, 0.2) is 35.1 Å². The molecule has 7 heteroatoms. The van der Waals surface area contributed by atoms with E-state index in [0.29, 0.717) is 18.5 Å². The first-order chi connectivity index (χ1) is 12.4. The number of aromatic amines is 1. The highest BCUT2D eigenvalue weighted by molar-refractivity contribution is 5.95. The van der Waals surface area contributed by atoms with Gasteiger partial charge in [-0.1, -0.05) is 12.1 Å². The molecule has 1 amide bonds. The lowest BCUT2D eigenvalue weighted by Crippen LogP contribution is -2.41. The second-order valence-corrected chi connectivity index (χ2v) is 6.55. The van der Waals surface area contributed by atoms with Crippen LogP contribution in [0.3, 0.4) is 0 Å². The van der Waals surface area contributed by atoms with Gasteiger partial charge in [-0.25, -0.2) is 4.39 Å². The molecule has 0 aliphatic heterocycles. The molecule has 1 saturated carbocycles. The molecule has 1 heterocycles. The number of nitrogens with zero attached hydrogens (tertiary/aromatic N) is 1. The number of aromatic nitrogens is 1. The summed E-state index contributed by atoms with van der Waals surface area (Å²) < 4.78 is 13.2. The number of aliphatic hydroxyl groups excluding tert-OH is 1. The molecule has 3 N–H and O–H groups in total. The van der Waals surface area contributed by atoms with Crippen LogP contribution in [-0.4, -0.2) is 22.1 Å². The maximum Gasteiger partial charge on any atom is 0.266 e. The molecular weight excluding hydrogens is 337 g/mol. The molecule has 1 aromatic heterocycles. The number of nitrogens with one attached hydrogen (secondary N) is 2. The molecule has 0 bridgehead atoms. The summed E-state index contributed by atoms with van der Waals surface area (Å²) in [5, 5.41) is 21.5. The number of hydrogen-bond acceptors (Lipinski definition) is 4. The summed E-state index contributed by atoms with van der Waals surface area (Å²) in [6, 6.07) is 8.48. The normalized spacial score (nSPS) is 19.9. The van der Waals surface area contributed by atoms with Crippen LogP contribution in [0.25, 0.3) is 0 Å². The Morgan fingerprint density at radius 3 is 2.62 bits per heavy atom. The minimum atomic E-state index is -0.543. The summed E-state index contributed by atoms with van der Waals surface area (Å²) in [7, 11) is 0. The first-order valence-corrected chi connectivity index (χ1v) is 8.27. The molecule has 0 radical (unpaired) electrons. The smallest absolute Gasteiger partial charge is 0.266 e. The van der Waals surface area contributed by atoms with E-state index in [1.807, 2.05) is 0 Å². The Morgan fingerprint density at radius 1 is 1.38 bits per heavy atom. The van der Waals surface area contributed by atoms with Crippen molar-refractivity contribution >= 4 is 5.91 Å². The van der Waals surface area contributed by atoms with E-state index in [1.54, 1.807) is 25.1 Å². The van der Waals surface area contributed by atoms with Crippen molar-refractivity contribution in [3.8, 4) is 6.07 Å². The van der Waals surface area contributed by atoms with Crippen LogP contribution < -0.4 is 10.9 Å². The predicted octanol–water partition coefficient (Wildman–Crippen LogP) is 1.94. The number of carbonyl (C=O) groups is 1. The van der Waals surface area contributed by atoms with Crippen LogP contribution in [0, 0.1) is 30.0 Å². The number of nitriles is 1. The van der Waals surface area contributed by atoms with Gasteiger partial charge in [-0.15, -0.1) is 0 Å². The van der Waals surface area contributed by atoms with Crippen LogP contribution in [0.5, 0.6) is 0 Å². The second kappa shape index (κ2) is 7.10. The van der Waals surface area contributed by atoms with Crippen LogP contribution >= 0.6 is 0 Å². The van der Waals surface area contributed by atoms with Gasteiger partial charge in [0.25, 0.3) is 11.5 Å². The Bertz CT molecular complexity index is 925. The fourth-order valence-electron chi connectivity index (χ4n) is 3.21. The maximum absolute atomic E-state index is 13.2. The van der Waals surface area contributed by atoms with Crippen molar-refractivity contribution < 1.29 is 14.3 Å². The number of pyridine rings is 1. The van der Waals surface area contributed by atoms with E-state index in [9.17, 15) is 19.1 Å². The van der Waals surface area contributed by atoms with E-state index >= 15 is 0 Å². The molecule has 134 valence electrons. The van der Waals surface area contributed by atoms with Crippen molar-refractivity contribution in [2.75, 3.05) is 0 Å². The monoisotopic (exact) mass is 355 g/mol. The van der Waals surface area contributed by atoms with E-state index in [1.165, 1.54) is 18.2 Å². The molecule has 6 nitrogen and oxygen atoms in total. The molecule has 1 aliphatic rings. The molecule has 0 spiro atoms. The maximum atomic E-state index is 13.2. The molecule has 1 fully saturated rings. The van der Waals surface area contributed by atoms with Crippen molar-refractivity contribution in [3.05, 3.63) is 68.9 Å². The van der Waals surface area contributed by atoms with Crippen molar-refractivity contribution in [1.29, 1.82) is 5.26 Å². The standard InChI is InChI=1S/C19H18FN3O3/c1-10-16(8-13(9-21)18(25)22-10)19(26)23-17(12-6-15(24)7-12)11-2-4-14(20)5-3-11/h2-5,8,12,15,17,24H,6-7H2,1H3,(H,22,25)(H,23,26)/t12?,15?,17-/m0/s1. The highest BCUT2D eigenvalue weighted by atomic mass is 19.1. The van der Waals surface area contributed by atoms with Crippen molar-refractivity contribution in [3.63, 3.8) is 0 Å². The minimum Gasteiger partial charge on any atom is -0.393 e. The molecule has 1 atom stereocenters. The number of aryl methyl sites for hydroxylation is 1. The van der Waals surface area contributed by atoms with Gasteiger partial charge in [-0.2, -0.15) is 5.26 Å². The molecule has 2 aromatic rings. The Labute approximate surface area is 149 Å². The first kappa shape index (κ1) is 17.8. The van der Waals surface area contributed by atoms with E-state index in [0.717, 1.165) is 5.56 Å². The number of amides is 1. The summed E-state index contributed by atoms with van der Waals surface area (Å²) >= 11 is 0. The van der Waals surface area contributed by atoms with Gasteiger partial charge in [-0.05, 0) is 49.4 Å². The topological polar surface area (TPSA) is 106 Å². The molecule has 0 saturated heterocycles. The number of carbonyl (C=O) groups excluding carboxylic acids is 1. The molecule has 26 heavy (non-hydrogen) atoms. The fraction of sp³-hybridized carbons (Fsp3) is 0.316. The quantitative estimate of drug-likeness (QED) is 0.779. The number of benzene rings is 1. The number of aliphatic hydroxyl groups is 1. The average molecular weight is 355 g/mol. The third-order valence-electron chi connectivity index (χ3n) is 4.74. The Morgan fingerprint density at radius 2 is 2.04 bits per heavy atom. The Hall–Kier alpha value is -2.98. The molecule has 0 unspecified atom stereocenters. The van der Waals surface area contributed by atoms with Gasteiger partial charge in [0.15, 0.2) is 0 Å². The van der Waals surface area contributed by atoms with Crippen LogP contribution in [0.4, 0.5) is 4.39 Å². The lowest BCUT2D eigenvalue weighted by molar-refractivity contribution is 0.0235. The van der Waals surface area contributed by atoms with Crippen LogP contribution in [0.1, 0.15) is 46.1 Å². The number of rotatable bonds is 4. The van der Waals surface area contributed by atoms with Gasteiger partial charge in [0.2, 0.25) is 0 Å². The van der Waals surface area contributed by atoms with Gasteiger partial charge in [0.1, 0.15) is 17.4 Å². The second-order valence-electron chi connectivity index (χ2n) is 6.55. The zero-order chi connectivity index (χ0) is 18.8. The molecular formula is C19H18FN3O3. The lowest BCUT2D eigenvalue weighted by atomic mass is 9.75. The zero-order valence-electron chi connectivity index (χ0n) is 14.1. The van der Waals surface area contributed by atoms with E-state index in [2.05, 4.69) is 10.3 Å². The van der Waals surface area contributed by atoms with Gasteiger partial charge >= 0.3 is 0 Å². The van der Waals surface area contributed by atoms with Crippen LogP contribution in [0.2, 0.25) is 0 Å². The predicted molar refractivity (Wildman–Crippen MR) is 91.9 cm³/mol. The zero-order valence-corrected chi connectivity index (χ0v) is 14.1. The van der Waals surface area contributed by atoms with Gasteiger partial charge < -0.3 is 15.4 Å². The molecule has 1 aliphatic carbocycles. The van der Waals surface area contributed by atoms with Gasteiger partial charge in [0, 0.05) is 5.69 Å². The lowest BCUT2D eigenvalue weighted by Gasteiger charge is -2.38. The highest BCUT2D eigenvalue weighted by Crippen LogP contribution is 2.38. The summed E-state index contributed by atoms with van der Waals surface area (Å²) in [5.74, 6) is -0.786. The Kier molecular flexibility index (Phi) is 4.87. The van der Waals surface area contributed by atoms with Crippen molar-refractivity contribution in [2.24, 2.45) is 5.92 Å². The van der Waals surface area contributed by atoms with E-state index in [4.69, 9.17) is 5.26 Å². The van der Waals surface area contributed by atoms with E-state index in [-0.39, 0.29) is 22.9 Å². The third kappa shape index (κ3) is 3.51. The summed E-state index contributed by atoms with van der Waals surface area (Å²) in [5.41, 5.74) is 0.613. The van der Waals surface area contributed by atoms with Crippen molar-refractivity contribution in [2.45, 2.75) is 31.9 Å². The van der Waals surface area contributed by atoms with Crippen molar-refractivity contribution in [1.82, 2.24) is 10.3 Å². The summed E-state index contributed by atoms with van der Waals surface area (Å²) in [6.07, 6.45) is 0.673. The highest BCUT2D eigenvalue weighted by Gasteiger charge is 2.36. The Balaban J connectivity index is 1.89. The number of halogens is 1. The first-order valence-electron chi connectivity index (χ1n) is 8.27. The summed E-state index contributed by atoms with van der Waals surface area (Å²) in [6.45, 7) is 1.58. The largest absolute Gasteiger partial charge is 0.393 e. The van der Waals surface area contributed by atoms with Gasteiger partial charge in [0.05, 0.1) is 17.7 Å². The number of H-pyrrole nitrogens is 1. The summed E-state index contributed by atoms with van der Waals surface area (Å²) in [4.78, 5) is 26.9. The fourth-order valence-corrected chi connectivity index (χ4v) is 3.21. The van der Waals surface area contributed by atoms with E-state index < -0.39 is 23.6 Å². The minimum absolute atomic E-state index is 0.0258. The molecule has 3 rings (SSSR count). The SMILES string of the molecule is Cc1[nH]c(=O)c(C#N)cc1C(=O)N[C@@H](c1ccc(F)cc1)C1CC(O)C1. The average Bonchev–Trinajstić information content (AvgIpc) is 2.58. The number of hydrogen-bond donors (Lipinski definition) is 3. The third-order valence-corrected chi connectivity index (χ3v) is 4.74. The molecule has 1 aromatic carbocycles.